The van der Waals surface area contributed by atoms with Crippen molar-refractivity contribution in [3.8, 4) is 5.95 Å². The summed E-state index contributed by atoms with van der Waals surface area (Å²) in [5.74, 6) is 0.760. The van der Waals surface area contributed by atoms with Crippen LogP contribution in [0.3, 0.4) is 0 Å². The van der Waals surface area contributed by atoms with Gasteiger partial charge >= 0.3 is 0 Å². The largest absolute Gasteiger partial charge is 0.378 e. The van der Waals surface area contributed by atoms with Crippen molar-refractivity contribution in [3.63, 3.8) is 0 Å². The molecule has 1 amide bonds. The number of primary amides is 1. The quantitative estimate of drug-likeness (QED) is 0.343. The van der Waals surface area contributed by atoms with Gasteiger partial charge in [-0.15, -0.1) is 5.10 Å². The molecular formula is C27H27N7O2. The molecule has 36 heavy (non-hydrogen) atoms. The third kappa shape index (κ3) is 3.88. The molecule has 0 spiro atoms. The Kier molecular flexibility index (Phi) is 5.63. The summed E-state index contributed by atoms with van der Waals surface area (Å²) in [6.07, 6.45) is 0. The van der Waals surface area contributed by atoms with E-state index >= 15 is 0 Å². The number of amides is 1. The van der Waals surface area contributed by atoms with E-state index in [1.165, 1.54) is 0 Å². The Labute approximate surface area is 207 Å². The second-order valence-corrected chi connectivity index (χ2v) is 8.96. The molecule has 3 aromatic heterocycles. The van der Waals surface area contributed by atoms with E-state index in [0.29, 0.717) is 31.3 Å². The second kappa shape index (κ2) is 9.10. The van der Waals surface area contributed by atoms with Gasteiger partial charge in [-0.2, -0.15) is 4.98 Å². The molecule has 9 nitrogen and oxygen atoms in total. The summed E-state index contributed by atoms with van der Waals surface area (Å²) in [4.78, 5) is 17.0. The summed E-state index contributed by atoms with van der Waals surface area (Å²) in [6, 6.07) is 21.8. The molecule has 1 unspecified atom stereocenters. The normalized spacial score (nSPS) is 16.0. The Balaban J connectivity index is 1.52. The van der Waals surface area contributed by atoms with Crippen molar-refractivity contribution in [2.45, 2.75) is 19.5 Å². The number of hydrogen-bond acceptors (Lipinski definition) is 6. The van der Waals surface area contributed by atoms with Gasteiger partial charge in [-0.3, -0.25) is 9.36 Å². The van der Waals surface area contributed by atoms with Crippen molar-refractivity contribution in [2.24, 2.45) is 5.73 Å². The first kappa shape index (κ1) is 22.3. The zero-order chi connectivity index (χ0) is 24.6. The van der Waals surface area contributed by atoms with E-state index in [1.54, 1.807) is 6.07 Å². The number of carbonyl (C=O) groups excluding carboxylic acids is 1. The number of nitrogens with one attached hydrogen (secondary N) is 2. The first-order valence-electron chi connectivity index (χ1n) is 12.0. The highest BCUT2D eigenvalue weighted by Gasteiger charge is 2.22. The van der Waals surface area contributed by atoms with Crippen LogP contribution < -0.4 is 16.4 Å². The Bertz CT molecular complexity index is 1570. The molecule has 1 saturated heterocycles. The third-order valence-corrected chi connectivity index (χ3v) is 6.61. The molecule has 0 aliphatic carbocycles. The number of rotatable bonds is 6. The number of carbonyl (C=O) groups is 1. The number of anilines is 1. The van der Waals surface area contributed by atoms with Gasteiger partial charge in [0.05, 0.1) is 30.5 Å². The Hall–Kier alpha value is -4.21. The fraction of sp³-hybridized carbons (Fsp3) is 0.222. The zero-order valence-corrected chi connectivity index (χ0v) is 19.9. The van der Waals surface area contributed by atoms with E-state index in [9.17, 15) is 4.79 Å². The van der Waals surface area contributed by atoms with Crippen LogP contribution in [0.2, 0.25) is 0 Å². The van der Waals surface area contributed by atoms with Gasteiger partial charge in [-0.05, 0) is 42.8 Å². The maximum Gasteiger partial charge on any atom is 0.254 e. The highest BCUT2D eigenvalue weighted by molar-refractivity contribution is 6.06. The maximum atomic E-state index is 12.1. The molecule has 1 fully saturated rings. The highest BCUT2D eigenvalue weighted by Crippen LogP contribution is 2.28. The number of nitrogens with two attached hydrogens (primary N) is 1. The molecule has 2 aromatic carbocycles. The lowest BCUT2D eigenvalue weighted by molar-refractivity contribution is 0.0751. The number of aromatic nitrogens is 4. The van der Waals surface area contributed by atoms with Crippen molar-refractivity contribution in [2.75, 3.05) is 25.1 Å². The summed E-state index contributed by atoms with van der Waals surface area (Å²) in [5.41, 5.74) is 10.9. The van der Waals surface area contributed by atoms with Gasteiger partial charge in [-0.1, -0.05) is 36.4 Å². The lowest BCUT2D eigenvalue weighted by atomic mass is 10.1. The van der Waals surface area contributed by atoms with Crippen LogP contribution >= 0.6 is 0 Å². The lowest BCUT2D eigenvalue weighted by Crippen LogP contribution is -2.35. The Morgan fingerprint density at radius 2 is 2.00 bits per heavy atom. The van der Waals surface area contributed by atoms with Crippen molar-refractivity contribution in [1.29, 1.82) is 0 Å². The van der Waals surface area contributed by atoms with Crippen LogP contribution in [0.4, 0.5) is 5.82 Å². The van der Waals surface area contributed by atoms with E-state index in [0.717, 1.165) is 45.7 Å². The maximum absolute atomic E-state index is 12.1. The van der Waals surface area contributed by atoms with Gasteiger partial charge in [0.25, 0.3) is 5.95 Å². The van der Waals surface area contributed by atoms with Crippen LogP contribution in [0.5, 0.6) is 0 Å². The van der Waals surface area contributed by atoms with E-state index < -0.39 is 5.91 Å². The molecule has 0 bridgehead atoms. The van der Waals surface area contributed by atoms with Crippen LogP contribution in [-0.2, 0) is 11.3 Å². The number of morpholine rings is 1. The van der Waals surface area contributed by atoms with Crippen molar-refractivity contribution in [1.82, 2.24) is 24.5 Å². The van der Waals surface area contributed by atoms with Crippen LogP contribution in [0.25, 0.3) is 22.4 Å². The predicted molar refractivity (Wildman–Crippen MR) is 138 cm³/mol. The second-order valence-electron chi connectivity index (χ2n) is 8.96. The minimum Gasteiger partial charge on any atom is -0.378 e. The molecule has 0 saturated carbocycles. The number of hydrogen-bond donors (Lipinski definition) is 3. The van der Waals surface area contributed by atoms with E-state index in [1.807, 2.05) is 58.5 Å². The van der Waals surface area contributed by atoms with Gasteiger partial charge in [0.2, 0.25) is 5.91 Å². The molecule has 4 heterocycles. The lowest BCUT2D eigenvalue weighted by Gasteiger charge is -2.23. The number of aryl methyl sites for hydroxylation is 1. The van der Waals surface area contributed by atoms with Gasteiger partial charge in [0.1, 0.15) is 5.52 Å². The SMILES string of the molecule is Cc1cc2c(C(N)=O)cccc2n1-c1nc(NCc2ccccc2)c2ccc(C3COCCN3)n2n1. The van der Waals surface area contributed by atoms with E-state index in [2.05, 4.69) is 28.8 Å². The molecule has 182 valence electrons. The van der Waals surface area contributed by atoms with Gasteiger partial charge in [-0.25, -0.2) is 4.52 Å². The summed E-state index contributed by atoms with van der Waals surface area (Å²) >= 11 is 0. The van der Waals surface area contributed by atoms with E-state index in [-0.39, 0.29) is 6.04 Å². The minimum absolute atomic E-state index is 0.0231. The molecule has 4 N–H and O–H groups in total. The monoisotopic (exact) mass is 481 g/mol. The molecule has 6 rings (SSSR count). The van der Waals surface area contributed by atoms with Crippen LogP contribution in [0.15, 0.2) is 66.7 Å². The Morgan fingerprint density at radius 1 is 1.14 bits per heavy atom. The van der Waals surface area contributed by atoms with Gasteiger partial charge in [0.15, 0.2) is 5.82 Å². The van der Waals surface area contributed by atoms with Crippen molar-refractivity contribution in [3.05, 3.63) is 89.2 Å². The average Bonchev–Trinajstić information content (AvgIpc) is 3.48. The molecular weight excluding hydrogens is 454 g/mol. The number of ether oxygens (including phenoxy) is 1. The predicted octanol–water partition coefficient (Wildman–Crippen LogP) is 3.35. The number of benzene rings is 2. The zero-order valence-electron chi connectivity index (χ0n) is 19.9. The third-order valence-electron chi connectivity index (χ3n) is 6.61. The topological polar surface area (TPSA) is 112 Å². The van der Waals surface area contributed by atoms with Gasteiger partial charge in [0, 0.05) is 29.7 Å². The Morgan fingerprint density at radius 3 is 2.78 bits per heavy atom. The van der Waals surface area contributed by atoms with Crippen LogP contribution in [-0.4, -0.2) is 44.8 Å². The first-order chi connectivity index (χ1) is 17.6. The molecule has 1 aliphatic heterocycles. The van der Waals surface area contributed by atoms with Crippen molar-refractivity contribution >= 4 is 28.1 Å². The molecule has 5 aromatic rings. The fourth-order valence-corrected chi connectivity index (χ4v) is 4.87. The summed E-state index contributed by atoms with van der Waals surface area (Å²) in [5, 5.41) is 12.8. The fourth-order valence-electron chi connectivity index (χ4n) is 4.87. The highest BCUT2D eigenvalue weighted by atomic mass is 16.5. The van der Waals surface area contributed by atoms with Crippen LogP contribution in [0.1, 0.15) is 33.4 Å². The number of fused-ring (bicyclic) bond motifs is 2. The average molecular weight is 482 g/mol. The number of nitrogens with zero attached hydrogens (tertiary/aromatic N) is 4. The summed E-state index contributed by atoms with van der Waals surface area (Å²) in [7, 11) is 0. The molecule has 0 radical (unpaired) electrons. The van der Waals surface area contributed by atoms with Crippen molar-refractivity contribution < 1.29 is 9.53 Å². The molecule has 9 heteroatoms. The van der Waals surface area contributed by atoms with E-state index in [4.69, 9.17) is 20.6 Å². The summed E-state index contributed by atoms with van der Waals surface area (Å²) < 4.78 is 9.62. The minimum atomic E-state index is -0.463. The first-order valence-corrected chi connectivity index (χ1v) is 12.0. The van der Waals surface area contributed by atoms with Gasteiger partial charge < -0.3 is 21.1 Å². The smallest absolute Gasteiger partial charge is 0.254 e. The summed E-state index contributed by atoms with van der Waals surface area (Å²) in [6.45, 7) is 4.65. The molecule has 1 atom stereocenters. The standard InChI is InChI=1S/C27H27N7O2/c1-17-14-20-19(25(28)35)8-5-9-22(20)33(17)27-31-26(30-15-18-6-3-2-4-7-18)24-11-10-23(34(24)32-27)21-16-36-13-12-29-21/h2-11,14,21,29H,12-13,15-16H2,1H3,(H2,28,35)(H,30,31,32). The van der Waals surface area contributed by atoms with Crippen LogP contribution in [0, 0.1) is 6.92 Å². The molecule has 1 aliphatic rings.